The van der Waals surface area contributed by atoms with Crippen molar-refractivity contribution in [3.63, 3.8) is 0 Å². The third-order valence-electron chi connectivity index (χ3n) is 2.82. The molecule has 0 bridgehead atoms. The molecule has 0 heterocycles. The van der Waals surface area contributed by atoms with E-state index in [-0.39, 0.29) is 12.6 Å². The fourth-order valence-electron chi connectivity index (χ4n) is 1.66. The van der Waals surface area contributed by atoms with E-state index in [1.165, 1.54) is 0 Å². The third-order valence-corrected chi connectivity index (χ3v) is 2.82. The topological polar surface area (TPSA) is 21.3 Å². The van der Waals surface area contributed by atoms with Gasteiger partial charge in [0, 0.05) is 12.6 Å². The zero-order chi connectivity index (χ0) is 15.2. The zero-order valence-corrected chi connectivity index (χ0v) is 12.1. The van der Waals surface area contributed by atoms with Crippen LogP contribution in [-0.2, 0) is 0 Å². The van der Waals surface area contributed by atoms with E-state index in [9.17, 15) is 13.2 Å². The highest BCUT2D eigenvalue weighted by atomic mass is 19.4. The molecule has 1 unspecified atom stereocenters. The lowest BCUT2D eigenvalue weighted by Gasteiger charge is -2.16. The normalized spacial score (nSPS) is 13.6. The summed E-state index contributed by atoms with van der Waals surface area (Å²) >= 11 is 0. The van der Waals surface area contributed by atoms with Crippen LogP contribution in [0, 0.1) is 5.92 Å². The van der Waals surface area contributed by atoms with Crippen molar-refractivity contribution in [1.29, 1.82) is 0 Å². The van der Waals surface area contributed by atoms with Gasteiger partial charge in [-0.25, -0.2) is 0 Å². The summed E-state index contributed by atoms with van der Waals surface area (Å²) in [5, 5.41) is 2.86. The first-order valence-corrected chi connectivity index (χ1v) is 6.81. The van der Waals surface area contributed by atoms with Gasteiger partial charge >= 0.3 is 6.18 Å². The van der Waals surface area contributed by atoms with Gasteiger partial charge in [0.15, 0.2) is 0 Å². The molecular weight excluding hydrogens is 267 g/mol. The van der Waals surface area contributed by atoms with E-state index in [1.807, 2.05) is 31.2 Å². The van der Waals surface area contributed by atoms with E-state index in [0.29, 0.717) is 12.5 Å². The average Bonchev–Trinajstić information content (AvgIpc) is 2.35. The van der Waals surface area contributed by atoms with E-state index in [0.717, 1.165) is 11.3 Å². The van der Waals surface area contributed by atoms with Gasteiger partial charge in [0.05, 0.1) is 13.0 Å². The van der Waals surface area contributed by atoms with Crippen LogP contribution in [0.5, 0.6) is 5.75 Å². The number of alkyl halides is 3. The molecule has 2 nitrogen and oxygen atoms in total. The highest BCUT2D eigenvalue weighted by Gasteiger charge is 2.26. The first-order valence-electron chi connectivity index (χ1n) is 6.81. The van der Waals surface area contributed by atoms with E-state index in [1.54, 1.807) is 0 Å². The first-order chi connectivity index (χ1) is 9.28. The monoisotopic (exact) mass is 289 g/mol. The molecule has 0 aliphatic rings. The molecular formula is C15H22F3NO. The molecule has 1 aromatic carbocycles. The first kappa shape index (κ1) is 16.8. The van der Waals surface area contributed by atoms with Crippen LogP contribution in [0.15, 0.2) is 24.3 Å². The molecule has 0 aliphatic heterocycles. The SMILES string of the molecule is CC(C)COc1ccc(C(C)NCCC(F)(F)F)cc1. The average molecular weight is 289 g/mol. The van der Waals surface area contributed by atoms with Crippen LogP contribution in [0.2, 0.25) is 0 Å². The zero-order valence-electron chi connectivity index (χ0n) is 12.1. The van der Waals surface area contributed by atoms with Gasteiger partial charge in [-0.3, -0.25) is 0 Å². The number of rotatable bonds is 7. The summed E-state index contributed by atoms with van der Waals surface area (Å²) in [4.78, 5) is 0. The largest absolute Gasteiger partial charge is 0.493 e. The van der Waals surface area contributed by atoms with E-state index < -0.39 is 12.6 Å². The minimum atomic E-state index is -4.11. The van der Waals surface area contributed by atoms with Crippen molar-refractivity contribution in [1.82, 2.24) is 5.32 Å². The van der Waals surface area contributed by atoms with Crippen LogP contribution in [0.1, 0.15) is 38.8 Å². The molecule has 0 saturated carbocycles. The molecule has 0 radical (unpaired) electrons. The van der Waals surface area contributed by atoms with Gasteiger partial charge < -0.3 is 10.1 Å². The molecule has 0 fully saturated rings. The second kappa shape index (κ2) is 7.53. The standard InChI is InChI=1S/C15H22F3NO/c1-11(2)10-20-14-6-4-13(5-7-14)12(3)19-9-8-15(16,17)18/h4-7,11-12,19H,8-10H2,1-3H3. The number of nitrogens with one attached hydrogen (secondary N) is 1. The lowest BCUT2D eigenvalue weighted by Crippen LogP contribution is -2.24. The summed E-state index contributed by atoms with van der Waals surface area (Å²) in [6, 6.07) is 7.33. The molecule has 1 rings (SSSR count). The van der Waals surface area contributed by atoms with Crippen LogP contribution in [0.3, 0.4) is 0 Å². The molecule has 0 amide bonds. The van der Waals surface area contributed by atoms with E-state index >= 15 is 0 Å². The van der Waals surface area contributed by atoms with Crippen LogP contribution in [-0.4, -0.2) is 19.3 Å². The van der Waals surface area contributed by atoms with Crippen molar-refractivity contribution >= 4 is 0 Å². The fraction of sp³-hybridized carbons (Fsp3) is 0.600. The second-order valence-corrected chi connectivity index (χ2v) is 5.31. The van der Waals surface area contributed by atoms with Crippen LogP contribution < -0.4 is 10.1 Å². The molecule has 0 aromatic heterocycles. The Labute approximate surface area is 118 Å². The van der Waals surface area contributed by atoms with Crippen molar-refractivity contribution in [3.8, 4) is 5.75 Å². The highest BCUT2D eigenvalue weighted by molar-refractivity contribution is 5.28. The van der Waals surface area contributed by atoms with Crippen LogP contribution >= 0.6 is 0 Å². The van der Waals surface area contributed by atoms with Crippen molar-refractivity contribution in [3.05, 3.63) is 29.8 Å². The summed E-state index contributed by atoms with van der Waals surface area (Å²) < 4.78 is 41.7. The predicted octanol–water partition coefficient (Wildman–Crippen LogP) is 4.32. The predicted molar refractivity (Wildman–Crippen MR) is 73.9 cm³/mol. The molecule has 1 atom stereocenters. The number of hydrogen-bond donors (Lipinski definition) is 1. The van der Waals surface area contributed by atoms with Gasteiger partial charge in [-0.15, -0.1) is 0 Å². The third kappa shape index (κ3) is 6.80. The highest BCUT2D eigenvalue weighted by Crippen LogP contribution is 2.21. The van der Waals surface area contributed by atoms with Crippen molar-refractivity contribution in [2.75, 3.05) is 13.2 Å². The Hall–Kier alpha value is -1.23. The quantitative estimate of drug-likeness (QED) is 0.807. The molecule has 0 spiro atoms. The van der Waals surface area contributed by atoms with Gasteiger partial charge in [0.25, 0.3) is 0 Å². The van der Waals surface area contributed by atoms with Crippen molar-refractivity contribution < 1.29 is 17.9 Å². The summed E-state index contributed by atoms with van der Waals surface area (Å²) in [5.41, 5.74) is 0.948. The maximum Gasteiger partial charge on any atom is 0.390 e. The summed E-state index contributed by atoms with van der Waals surface area (Å²) in [6.07, 6.45) is -4.92. The second-order valence-electron chi connectivity index (χ2n) is 5.31. The van der Waals surface area contributed by atoms with Gasteiger partial charge in [0.1, 0.15) is 5.75 Å². The minimum Gasteiger partial charge on any atom is -0.493 e. The Morgan fingerprint density at radius 2 is 1.70 bits per heavy atom. The Balaban J connectivity index is 2.43. The number of ether oxygens (including phenoxy) is 1. The Morgan fingerprint density at radius 3 is 2.20 bits per heavy atom. The van der Waals surface area contributed by atoms with Gasteiger partial charge in [0.2, 0.25) is 0 Å². The minimum absolute atomic E-state index is 0.0731. The maximum atomic E-state index is 12.1. The number of benzene rings is 1. The molecule has 0 saturated heterocycles. The molecule has 5 heteroatoms. The van der Waals surface area contributed by atoms with E-state index in [4.69, 9.17) is 4.74 Å². The Bertz CT molecular complexity index is 387. The van der Waals surface area contributed by atoms with Crippen LogP contribution in [0.25, 0.3) is 0 Å². The van der Waals surface area contributed by atoms with Crippen molar-refractivity contribution in [2.45, 2.75) is 39.4 Å². The Morgan fingerprint density at radius 1 is 1.10 bits per heavy atom. The Kier molecular flexibility index (Phi) is 6.33. The number of halogens is 3. The number of hydrogen-bond acceptors (Lipinski definition) is 2. The summed E-state index contributed by atoms with van der Waals surface area (Å²) in [7, 11) is 0. The van der Waals surface area contributed by atoms with Gasteiger partial charge in [-0.1, -0.05) is 26.0 Å². The smallest absolute Gasteiger partial charge is 0.390 e. The molecule has 114 valence electrons. The lowest BCUT2D eigenvalue weighted by molar-refractivity contribution is -0.133. The van der Waals surface area contributed by atoms with Gasteiger partial charge in [-0.2, -0.15) is 13.2 Å². The summed E-state index contributed by atoms with van der Waals surface area (Å²) in [6.45, 7) is 6.57. The molecule has 0 aliphatic carbocycles. The summed E-state index contributed by atoms with van der Waals surface area (Å²) in [5.74, 6) is 1.24. The maximum absolute atomic E-state index is 12.1. The van der Waals surface area contributed by atoms with Gasteiger partial charge in [-0.05, 0) is 30.5 Å². The van der Waals surface area contributed by atoms with Crippen molar-refractivity contribution in [2.24, 2.45) is 5.92 Å². The van der Waals surface area contributed by atoms with E-state index in [2.05, 4.69) is 19.2 Å². The fourth-order valence-corrected chi connectivity index (χ4v) is 1.66. The molecule has 1 aromatic rings. The van der Waals surface area contributed by atoms with Crippen LogP contribution in [0.4, 0.5) is 13.2 Å². The molecule has 1 N–H and O–H groups in total. The lowest BCUT2D eigenvalue weighted by atomic mass is 10.1. The molecule has 20 heavy (non-hydrogen) atoms.